The quantitative estimate of drug-likeness (QED) is 0.234. The van der Waals surface area contributed by atoms with Crippen LogP contribution in [0.1, 0.15) is 92.6 Å². The van der Waals surface area contributed by atoms with E-state index in [1.165, 1.54) is 24.8 Å². The van der Waals surface area contributed by atoms with E-state index in [1.807, 2.05) is 54.6 Å². The zero-order valence-corrected chi connectivity index (χ0v) is 26.5. The summed E-state index contributed by atoms with van der Waals surface area (Å²) in [5, 5.41) is 16.1. The summed E-state index contributed by atoms with van der Waals surface area (Å²) in [5.74, 6) is 2.32. The van der Waals surface area contributed by atoms with Crippen LogP contribution in [0.5, 0.6) is 0 Å². The van der Waals surface area contributed by atoms with E-state index < -0.39 is 6.29 Å². The number of nitrogens with zero attached hydrogens (tertiary/aromatic N) is 1. The normalized spacial score (nSPS) is 31.1. The molecule has 4 saturated carbocycles. The van der Waals surface area contributed by atoms with Crippen LogP contribution in [-0.4, -0.2) is 41.3 Å². The third-order valence-corrected chi connectivity index (χ3v) is 10.9. The summed E-state index contributed by atoms with van der Waals surface area (Å²) in [6, 6.07) is 26.5. The molecule has 238 valence electrons. The van der Waals surface area contributed by atoms with E-state index in [-0.39, 0.29) is 36.4 Å². The van der Waals surface area contributed by atoms with Gasteiger partial charge < -0.3 is 25.2 Å². The molecule has 1 heterocycles. The molecule has 4 atom stereocenters. The first-order valence-electron chi connectivity index (χ1n) is 16.8. The van der Waals surface area contributed by atoms with Crippen LogP contribution in [0.4, 0.5) is 10.5 Å². The molecule has 5 fully saturated rings. The van der Waals surface area contributed by atoms with Gasteiger partial charge >= 0.3 is 6.03 Å². The van der Waals surface area contributed by atoms with Gasteiger partial charge in [-0.05, 0) is 99.1 Å². The van der Waals surface area contributed by atoms with Crippen molar-refractivity contribution in [2.24, 2.45) is 17.8 Å². The smallest absolute Gasteiger partial charge is 0.319 e. The van der Waals surface area contributed by atoms with Crippen molar-refractivity contribution in [2.45, 2.75) is 88.6 Å². The Kier molecular flexibility index (Phi) is 8.71. The van der Waals surface area contributed by atoms with Crippen LogP contribution in [0, 0.1) is 17.8 Å². The van der Waals surface area contributed by atoms with Gasteiger partial charge in [-0.3, -0.25) is 4.90 Å². The van der Waals surface area contributed by atoms with Gasteiger partial charge in [-0.2, -0.15) is 0 Å². The summed E-state index contributed by atoms with van der Waals surface area (Å²) in [5.41, 5.74) is 4.78. The van der Waals surface area contributed by atoms with Gasteiger partial charge in [-0.25, -0.2) is 4.79 Å². The summed E-state index contributed by atoms with van der Waals surface area (Å²) in [6.45, 7) is 2.98. The number of amides is 2. The molecule has 0 spiro atoms. The van der Waals surface area contributed by atoms with Crippen molar-refractivity contribution in [1.82, 2.24) is 10.2 Å². The van der Waals surface area contributed by atoms with Gasteiger partial charge in [-0.1, -0.05) is 66.7 Å². The first-order valence-corrected chi connectivity index (χ1v) is 16.8. The first kappa shape index (κ1) is 30.4. The number of carbonyl (C=O) groups excluding carboxylic acids is 1. The minimum absolute atomic E-state index is 0.0125. The fourth-order valence-electron chi connectivity index (χ4n) is 8.93. The lowest BCUT2D eigenvalue weighted by Crippen LogP contribution is -2.60. The van der Waals surface area contributed by atoms with Crippen LogP contribution in [0.2, 0.25) is 0 Å². The summed E-state index contributed by atoms with van der Waals surface area (Å²) < 4.78 is 13.3. The Morgan fingerprint density at radius 1 is 0.889 bits per heavy atom. The molecule has 0 radical (unpaired) electrons. The number of nitrogens with one attached hydrogen (secondary N) is 2. The van der Waals surface area contributed by atoms with Gasteiger partial charge in [0.05, 0.1) is 18.8 Å². The number of urea groups is 1. The van der Waals surface area contributed by atoms with Crippen molar-refractivity contribution in [2.75, 3.05) is 18.9 Å². The zero-order chi connectivity index (χ0) is 31.0. The molecule has 8 rings (SSSR count). The molecule has 1 aliphatic heterocycles. The fourth-order valence-corrected chi connectivity index (χ4v) is 8.93. The molecule has 0 aromatic heterocycles. The number of likely N-dealkylation sites (N-methyl/N-ethyl adjacent to an activating group) is 1. The predicted octanol–water partition coefficient (Wildman–Crippen LogP) is 7.51. The van der Waals surface area contributed by atoms with Gasteiger partial charge in [0.25, 0.3) is 0 Å². The Balaban J connectivity index is 1.06. The van der Waals surface area contributed by atoms with E-state index in [0.29, 0.717) is 6.42 Å². The molecular weight excluding hydrogens is 562 g/mol. The summed E-state index contributed by atoms with van der Waals surface area (Å²) in [7, 11) is 2.14. The van der Waals surface area contributed by atoms with Crippen molar-refractivity contribution < 1.29 is 19.4 Å². The fraction of sp³-hybridized carbons (Fsp3) is 0.500. The SMILES string of the molecule is C[C@@H](c1ccccc1)N(C)C[C@H]1C[C@@H](c2ccc(CO)cc2)O[C@@H](c2cccc(NC(=O)NC34CC5CC(CC(C5)C3)C4)c2)O1. The first-order chi connectivity index (χ1) is 21.8. The Morgan fingerprint density at radius 2 is 1.58 bits per heavy atom. The maximum absolute atomic E-state index is 13.3. The van der Waals surface area contributed by atoms with Gasteiger partial charge in [0.15, 0.2) is 6.29 Å². The Labute approximate surface area is 267 Å². The van der Waals surface area contributed by atoms with Gasteiger partial charge in [0.1, 0.15) is 0 Å². The third kappa shape index (κ3) is 6.82. The van der Waals surface area contributed by atoms with E-state index in [0.717, 1.165) is 65.9 Å². The molecule has 4 aliphatic carbocycles. The molecule has 1 saturated heterocycles. The number of aliphatic hydroxyl groups is 1. The summed E-state index contributed by atoms with van der Waals surface area (Å²) in [4.78, 5) is 15.7. The van der Waals surface area contributed by atoms with Gasteiger partial charge in [0.2, 0.25) is 0 Å². The van der Waals surface area contributed by atoms with Crippen molar-refractivity contribution >= 4 is 11.7 Å². The van der Waals surface area contributed by atoms with Crippen molar-refractivity contribution in [3.8, 4) is 0 Å². The molecule has 7 heteroatoms. The standard InChI is InChI=1S/C38H47N3O4/c1-25(30-7-4-3-5-8-30)41(2)23-34-19-35(31-13-11-26(24-42)12-14-31)45-36(44-34)32-9-6-10-33(18-32)39-37(43)40-38-20-27-15-28(21-38)17-29(16-27)22-38/h3-14,18,25,27-29,34-36,42H,15-17,19-24H2,1-2H3,(H2,39,40,43)/t25-,27?,28?,29?,34+,35-,36-,38?/m0/s1. The second-order valence-corrected chi connectivity index (χ2v) is 14.3. The van der Waals surface area contributed by atoms with Crippen LogP contribution >= 0.6 is 0 Å². The highest BCUT2D eigenvalue weighted by molar-refractivity contribution is 5.90. The van der Waals surface area contributed by atoms with Crippen LogP contribution in [0.15, 0.2) is 78.9 Å². The van der Waals surface area contributed by atoms with Crippen LogP contribution < -0.4 is 10.6 Å². The molecule has 3 N–H and O–H groups in total. The molecule has 3 aromatic carbocycles. The number of rotatable bonds is 9. The van der Waals surface area contributed by atoms with Crippen LogP contribution in [-0.2, 0) is 16.1 Å². The zero-order valence-electron chi connectivity index (χ0n) is 26.5. The van der Waals surface area contributed by atoms with E-state index >= 15 is 0 Å². The monoisotopic (exact) mass is 609 g/mol. The number of aliphatic hydroxyl groups excluding tert-OH is 1. The number of benzene rings is 3. The summed E-state index contributed by atoms with van der Waals surface area (Å²) >= 11 is 0. The van der Waals surface area contributed by atoms with Gasteiger partial charge in [-0.15, -0.1) is 0 Å². The molecule has 7 nitrogen and oxygen atoms in total. The minimum Gasteiger partial charge on any atom is -0.392 e. The van der Waals surface area contributed by atoms with Gasteiger partial charge in [0, 0.05) is 35.8 Å². The van der Waals surface area contributed by atoms with E-state index in [2.05, 4.69) is 53.8 Å². The van der Waals surface area contributed by atoms with Crippen molar-refractivity contribution in [3.05, 3.63) is 101 Å². The molecule has 45 heavy (non-hydrogen) atoms. The Morgan fingerprint density at radius 3 is 2.24 bits per heavy atom. The van der Waals surface area contributed by atoms with Crippen LogP contribution in [0.25, 0.3) is 0 Å². The van der Waals surface area contributed by atoms with E-state index in [9.17, 15) is 9.90 Å². The third-order valence-electron chi connectivity index (χ3n) is 10.9. The number of anilines is 1. The average molecular weight is 610 g/mol. The lowest BCUT2D eigenvalue weighted by Gasteiger charge is -2.56. The topological polar surface area (TPSA) is 83.1 Å². The maximum Gasteiger partial charge on any atom is 0.319 e. The largest absolute Gasteiger partial charge is 0.392 e. The highest BCUT2D eigenvalue weighted by Crippen LogP contribution is 2.55. The van der Waals surface area contributed by atoms with E-state index in [1.54, 1.807) is 0 Å². The Hall–Kier alpha value is -3.23. The molecule has 2 amide bonds. The van der Waals surface area contributed by atoms with Crippen LogP contribution in [0.3, 0.4) is 0 Å². The lowest BCUT2D eigenvalue weighted by molar-refractivity contribution is -0.253. The molecular formula is C38H47N3O4. The number of hydrogen-bond donors (Lipinski definition) is 3. The summed E-state index contributed by atoms with van der Waals surface area (Å²) in [6.07, 6.45) is 7.30. The predicted molar refractivity (Wildman–Crippen MR) is 175 cm³/mol. The molecule has 4 bridgehead atoms. The minimum atomic E-state index is -0.584. The van der Waals surface area contributed by atoms with Crippen molar-refractivity contribution in [1.29, 1.82) is 0 Å². The second-order valence-electron chi connectivity index (χ2n) is 14.3. The molecule has 5 aliphatic rings. The molecule has 0 unspecified atom stereocenters. The molecule has 3 aromatic rings. The number of hydrogen-bond acceptors (Lipinski definition) is 5. The lowest BCUT2D eigenvalue weighted by atomic mass is 9.53. The maximum atomic E-state index is 13.3. The highest BCUT2D eigenvalue weighted by Gasteiger charge is 2.51. The van der Waals surface area contributed by atoms with Crippen molar-refractivity contribution in [3.63, 3.8) is 0 Å². The number of carbonyl (C=O) groups is 1. The number of ether oxygens (including phenoxy) is 2. The van der Waals surface area contributed by atoms with E-state index in [4.69, 9.17) is 9.47 Å². The second kappa shape index (κ2) is 12.9. The Bertz CT molecular complexity index is 1430. The highest BCUT2D eigenvalue weighted by atomic mass is 16.7. The average Bonchev–Trinajstić information content (AvgIpc) is 3.04.